The summed E-state index contributed by atoms with van der Waals surface area (Å²) in [4.78, 5) is 65.6. The molecule has 5 atom stereocenters. The van der Waals surface area contributed by atoms with Crippen LogP contribution in [-0.2, 0) is 30.4 Å². The first-order valence-corrected chi connectivity index (χ1v) is 13.1. The Morgan fingerprint density at radius 3 is 2.08 bits per heavy atom. The van der Waals surface area contributed by atoms with Crippen molar-refractivity contribution >= 4 is 35.6 Å². The Bertz CT molecular complexity index is 1030. The van der Waals surface area contributed by atoms with E-state index in [1.807, 2.05) is 30.3 Å². The van der Waals surface area contributed by atoms with Gasteiger partial charge in [0.2, 0.25) is 17.7 Å². The van der Waals surface area contributed by atoms with Gasteiger partial charge in [-0.25, -0.2) is 4.79 Å². The summed E-state index contributed by atoms with van der Waals surface area (Å²) in [5.74, 6) is -5.20. The van der Waals surface area contributed by atoms with Crippen molar-refractivity contribution in [1.29, 1.82) is 0 Å². The maximum atomic E-state index is 13.3. The SMILES string of the molecule is CCC(C)C(NC(=O)C(CCCN=C(N)N)NC(=O)C(N)Cc1ccccc1)C(=O)NC(CCC(=O)O)C(=O)O. The molecular formula is C26H41N7O7. The van der Waals surface area contributed by atoms with Gasteiger partial charge in [0.05, 0.1) is 6.04 Å². The Kier molecular flexibility index (Phi) is 14.7. The van der Waals surface area contributed by atoms with E-state index in [4.69, 9.17) is 22.3 Å². The molecule has 0 aromatic heterocycles. The molecule has 0 aliphatic rings. The topological polar surface area (TPSA) is 252 Å². The number of benzene rings is 1. The molecule has 0 radical (unpaired) electrons. The lowest BCUT2D eigenvalue weighted by atomic mass is 9.96. The van der Waals surface area contributed by atoms with Gasteiger partial charge in [-0.2, -0.15) is 0 Å². The lowest BCUT2D eigenvalue weighted by Crippen LogP contribution is -2.58. The first-order chi connectivity index (χ1) is 18.8. The summed E-state index contributed by atoms with van der Waals surface area (Å²) in [6.07, 6.45) is 0.331. The third-order valence-corrected chi connectivity index (χ3v) is 6.27. The van der Waals surface area contributed by atoms with E-state index in [1.165, 1.54) is 0 Å². The smallest absolute Gasteiger partial charge is 0.326 e. The molecule has 0 bridgehead atoms. The minimum atomic E-state index is -1.46. The fourth-order valence-corrected chi connectivity index (χ4v) is 3.75. The summed E-state index contributed by atoms with van der Waals surface area (Å²) in [6.45, 7) is 3.67. The molecule has 0 spiro atoms. The van der Waals surface area contributed by atoms with Gasteiger partial charge in [-0.05, 0) is 37.2 Å². The molecule has 40 heavy (non-hydrogen) atoms. The van der Waals surface area contributed by atoms with Crippen LogP contribution in [0, 0.1) is 5.92 Å². The van der Waals surface area contributed by atoms with E-state index < -0.39 is 66.2 Å². The molecule has 0 saturated heterocycles. The summed E-state index contributed by atoms with van der Waals surface area (Å²) >= 11 is 0. The molecule has 11 N–H and O–H groups in total. The highest BCUT2D eigenvalue weighted by molar-refractivity contribution is 5.94. The zero-order chi connectivity index (χ0) is 30.2. The number of nitrogens with two attached hydrogens (primary N) is 3. The second-order valence-corrected chi connectivity index (χ2v) is 9.51. The molecule has 0 aliphatic carbocycles. The molecule has 5 unspecified atom stereocenters. The third kappa shape index (κ3) is 12.6. The van der Waals surface area contributed by atoms with Crippen molar-refractivity contribution in [2.75, 3.05) is 6.54 Å². The first-order valence-electron chi connectivity index (χ1n) is 13.1. The number of amides is 3. The molecule has 1 aromatic rings. The molecule has 1 rings (SSSR count). The van der Waals surface area contributed by atoms with Crippen LogP contribution in [0.5, 0.6) is 0 Å². The number of carbonyl (C=O) groups is 5. The van der Waals surface area contributed by atoms with E-state index in [1.54, 1.807) is 13.8 Å². The number of hydrogen-bond acceptors (Lipinski definition) is 7. The van der Waals surface area contributed by atoms with Crippen LogP contribution in [0.25, 0.3) is 0 Å². The largest absolute Gasteiger partial charge is 0.481 e. The van der Waals surface area contributed by atoms with Crippen molar-refractivity contribution < 1.29 is 34.2 Å². The fraction of sp³-hybridized carbons (Fsp3) is 0.538. The van der Waals surface area contributed by atoms with Crippen LogP contribution in [0.3, 0.4) is 0 Å². The molecule has 0 heterocycles. The molecule has 14 heteroatoms. The van der Waals surface area contributed by atoms with Gasteiger partial charge in [0.15, 0.2) is 5.96 Å². The second kappa shape index (κ2) is 17.4. The first kappa shape index (κ1) is 33.8. The average molecular weight is 564 g/mol. The zero-order valence-corrected chi connectivity index (χ0v) is 22.8. The Hall–Kier alpha value is -4.20. The van der Waals surface area contributed by atoms with Crippen molar-refractivity contribution in [1.82, 2.24) is 16.0 Å². The van der Waals surface area contributed by atoms with Crippen LogP contribution < -0.4 is 33.2 Å². The summed E-state index contributed by atoms with van der Waals surface area (Å²) in [5, 5.41) is 25.9. The van der Waals surface area contributed by atoms with E-state index in [0.29, 0.717) is 12.8 Å². The van der Waals surface area contributed by atoms with Crippen LogP contribution in [0.4, 0.5) is 0 Å². The van der Waals surface area contributed by atoms with Gasteiger partial charge in [0, 0.05) is 13.0 Å². The standard InChI is InChI=1S/C26H41N7O7/c1-3-15(2)21(24(38)32-19(25(39)40)11-12-20(34)35)33-23(37)18(10-7-13-30-26(28)29)31-22(36)17(27)14-16-8-5-4-6-9-16/h4-6,8-9,15,17-19,21H,3,7,10-14,27H2,1-2H3,(H,31,36)(H,32,38)(H,33,37)(H,34,35)(H,39,40)(H4,28,29,30). The van der Waals surface area contributed by atoms with Gasteiger partial charge >= 0.3 is 11.9 Å². The van der Waals surface area contributed by atoms with E-state index >= 15 is 0 Å². The number of carbonyl (C=O) groups excluding carboxylic acids is 3. The number of nitrogens with one attached hydrogen (secondary N) is 3. The number of hydrogen-bond donors (Lipinski definition) is 8. The summed E-state index contributed by atoms with van der Waals surface area (Å²) < 4.78 is 0. The molecular weight excluding hydrogens is 522 g/mol. The quantitative estimate of drug-likeness (QED) is 0.0618. The van der Waals surface area contributed by atoms with Crippen molar-refractivity contribution in [3.63, 3.8) is 0 Å². The van der Waals surface area contributed by atoms with E-state index in [2.05, 4.69) is 20.9 Å². The average Bonchev–Trinajstić information content (AvgIpc) is 2.90. The number of carboxylic acids is 2. The molecule has 1 aromatic carbocycles. The van der Waals surface area contributed by atoms with E-state index in [9.17, 15) is 29.1 Å². The van der Waals surface area contributed by atoms with E-state index in [-0.39, 0.29) is 31.8 Å². The number of nitrogens with zero attached hydrogens (tertiary/aromatic N) is 1. The van der Waals surface area contributed by atoms with Crippen LogP contribution in [0.1, 0.15) is 51.5 Å². The summed E-state index contributed by atoms with van der Waals surface area (Å²) in [6, 6.07) is 4.46. The molecule has 0 saturated carbocycles. The van der Waals surface area contributed by atoms with Crippen LogP contribution in [-0.4, -0.2) is 76.5 Å². The zero-order valence-electron chi connectivity index (χ0n) is 22.8. The van der Waals surface area contributed by atoms with Gasteiger partial charge in [-0.1, -0.05) is 50.6 Å². The monoisotopic (exact) mass is 563 g/mol. The normalized spacial score (nSPS) is 14.5. The van der Waals surface area contributed by atoms with Gasteiger partial charge in [-0.3, -0.25) is 24.2 Å². The highest BCUT2D eigenvalue weighted by atomic mass is 16.4. The van der Waals surface area contributed by atoms with Crippen molar-refractivity contribution in [2.24, 2.45) is 28.1 Å². The Morgan fingerprint density at radius 1 is 0.900 bits per heavy atom. The minimum absolute atomic E-state index is 0.123. The molecule has 14 nitrogen and oxygen atoms in total. The molecule has 222 valence electrons. The van der Waals surface area contributed by atoms with Gasteiger partial charge in [0.25, 0.3) is 0 Å². The number of aliphatic imine (C=N–C) groups is 1. The number of rotatable bonds is 18. The van der Waals surface area contributed by atoms with Crippen LogP contribution in [0.2, 0.25) is 0 Å². The van der Waals surface area contributed by atoms with Gasteiger partial charge in [-0.15, -0.1) is 0 Å². The molecule has 0 fully saturated rings. The summed E-state index contributed by atoms with van der Waals surface area (Å²) in [5.41, 5.74) is 17.6. The maximum Gasteiger partial charge on any atom is 0.326 e. The van der Waals surface area contributed by atoms with Crippen molar-refractivity contribution in [3.05, 3.63) is 35.9 Å². The lowest BCUT2D eigenvalue weighted by molar-refractivity contribution is -0.143. The molecule has 0 aliphatic heterocycles. The van der Waals surface area contributed by atoms with Crippen LogP contribution in [0.15, 0.2) is 35.3 Å². The van der Waals surface area contributed by atoms with Gasteiger partial charge < -0.3 is 43.4 Å². The number of aliphatic carboxylic acids is 2. The van der Waals surface area contributed by atoms with Gasteiger partial charge in [0.1, 0.15) is 18.1 Å². The predicted octanol–water partition coefficient (Wildman–Crippen LogP) is -0.940. The lowest BCUT2D eigenvalue weighted by Gasteiger charge is -2.28. The maximum absolute atomic E-state index is 13.3. The highest BCUT2D eigenvalue weighted by Crippen LogP contribution is 2.11. The van der Waals surface area contributed by atoms with Crippen molar-refractivity contribution in [3.8, 4) is 0 Å². The summed E-state index contributed by atoms with van der Waals surface area (Å²) in [7, 11) is 0. The Labute approximate surface area is 233 Å². The Balaban J connectivity index is 3.05. The molecule has 3 amide bonds. The van der Waals surface area contributed by atoms with Crippen LogP contribution >= 0.6 is 0 Å². The van der Waals surface area contributed by atoms with E-state index in [0.717, 1.165) is 5.56 Å². The highest BCUT2D eigenvalue weighted by Gasteiger charge is 2.32. The number of guanidine groups is 1. The van der Waals surface area contributed by atoms with Crippen molar-refractivity contribution in [2.45, 2.75) is 76.5 Å². The third-order valence-electron chi connectivity index (χ3n) is 6.27. The Morgan fingerprint density at radius 2 is 1.52 bits per heavy atom. The fourth-order valence-electron chi connectivity index (χ4n) is 3.75. The minimum Gasteiger partial charge on any atom is -0.481 e. The second-order valence-electron chi connectivity index (χ2n) is 9.51. The number of carboxylic acid groups (broad SMARTS) is 2. The predicted molar refractivity (Wildman–Crippen MR) is 148 cm³/mol.